The topological polar surface area (TPSA) is 103 Å². The lowest BCUT2D eigenvalue weighted by atomic mass is 9.91. The first-order valence-electron chi connectivity index (χ1n) is 10.5. The van der Waals surface area contributed by atoms with Gasteiger partial charge in [-0.25, -0.2) is 9.50 Å². The smallest absolute Gasteiger partial charge is 0.280 e. The van der Waals surface area contributed by atoms with E-state index in [0.29, 0.717) is 5.01 Å². The van der Waals surface area contributed by atoms with Crippen LogP contribution in [-0.4, -0.2) is 42.4 Å². The molecule has 1 aliphatic carbocycles. The Morgan fingerprint density at radius 1 is 1.16 bits per heavy atom. The molecule has 1 amide bonds. The summed E-state index contributed by atoms with van der Waals surface area (Å²) in [5.74, 6) is -0.142. The number of carbonyl (C=O) groups excluding carboxylic acids is 1. The van der Waals surface area contributed by atoms with E-state index in [-0.39, 0.29) is 18.0 Å². The molecule has 2 atom stereocenters. The number of nitrogens with two attached hydrogens (primary N) is 1. The Bertz CT molecular complexity index is 1250. The van der Waals surface area contributed by atoms with Crippen LogP contribution >= 0.6 is 11.3 Å². The number of pyridine rings is 1. The Morgan fingerprint density at radius 2 is 2.00 bits per heavy atom. The molecule has 1 aliphatic rings. The molecule has 8 nitrogen and oxygen atoms in total. The van der Waals surface area contributed by atoms with Crippen LogP contribution < -0.4 is 11.1 Å². The summed E-state index contributed by atoms with van der Waals surface area (Å²) in [6.07, 6.45) is 11.7. The van der Waals surface area contributed by atoms with E-state index in [0.717, 1.165) is 58.5 Å². The lowest BCUT2D eigenvalue weighted by molar-refractivity contribution is 0.0921. The number of thiazole rings is 1. The Kier molecular flexibility index (Phi) is 5.07. The predicted octanol–water partition coefficient (Wildman–Crippen LogP) is 3.17. The molecule has 1 saturated carbocycles. The van der Waals surface area contributed by atoms with Gasteiger partial charge in [-0.05, 0) is 25.8 Å². The summed E-state index contributed by atoms with van der Waals surface area (Å²) < 4.78 is 3.62. The van der Waals surface area contributed by atoms with E-state index in [1.165, 1.54) is 11.3 Å². The van der Waals surface area contributed by atoms with E-state index in [9.17, 15) is 4.79 Å². The second-order valence-electron chi connectivity index (χ2n) is 8.16. The van der Waals surface area contributed by atoms with E-state index in [4.69, 9.17) is 5.73 Å². The number of nitrogens with zero attached hydrogens (tertiary/aromatic N) is 5. The molecule has 4 aromatic heterocycles. The van der Waals surface area contributed by atoms with Crippen molar-refractivity contribution in [1.82, 2.24) is 29.7 Å². The average Bonchev–Trinajstić information content (AvgIpc) is 3.47. The number of nitrogens with one attached hydrogen (secondary N) is 1. The first-order chi connectivity index (χ1) is 15.0. The first-order valence-corrected chi connectivity index (χ1v) is 11.3. The van der Waals surface area contributed by atoms with Crippen LogP contribution in [0.2, 0.25) is 0 Å². The van der Waals surface area contributed by atoms with Crippen LogP contribution in [0.3, 0.4) is 0 Å². The van der Waals surface area contributed by atoms with Crippen molar-refractivity contribution in [3.05, 3.63) is 46.8 Å². The molecule has 9 heteroatoms. The zero-order chi connectivity index (χ0) is 21.5. The normalized spacial score (nSPS) is 19.1. The highest BCUT2D eigenvalue weighted by Gasteiger charge is 2.26. The zero-order valence-corrected chi connectivity index (χ0v) is 18.4. The van der Waals surface area contributed by atoms with Crippen LogP contribution in [0.15, 0.2) is 36.9 Å². The quantitative estimate of drug-likeness (QED) is 0.512. The van der Waals surface area contributed by atoms with Gasteiger partial charge in [-0.3, -0.25) is 9.48 Å². The Labute approximate surface area is 184 Å². The van der Waals surface area contributed by atoms with Crippen molar-refractivity contribution in [3.8, 4) is 22.4 Å². The van der Waals surface area contributed by atoms with Gasteiger partial charge >= 0.3 is 0 Å². The van der Waals surface area contributed by atoms with Crippen LogP contribution in [-0.2, 0) is 7.05 Å². The molecule has 1 unspecified atom stereocenters. The summed E-state index contributed by atoms with van der Waals surface area (Å²) in [6.45, 7) is 1.99. The second kappa shape index (κ2) is 7.90. The third-order valence-corrected chi connectivity index (χ3v) is 6.91. The molecular formula is C22H25N7OS. The highest BCUT2D eigenvalue weighted by molar-refractivity contribution is 7.14. The number of hydrogen-bond donors (Lipinski definition) is 2. The fraction of sp³-hybridized carbons (Fsp3) is 0.364. The largest absolute Gasteiger partial charge is 0.346 e. The summed E-state index contributed by atoms with van der Waals surface area (Å²) in [4.78, 5) is 18.5. The van der Waals surface area contributed by atoms with Gasteiger partial charge in [0.2, 0.25) is 0 Å². The van der Waals surface area contributed by atoms with Gasteiger partial charge in [0.25, 0.3) is 5.91 Å². The van der Waals surface area contributed by atoms with E-state index in [2.05, 4.69) is 26.6 Å². The molecule has 31 heavy (non-hydrogen) atoms. The molecule has 5 rings (SSSR count). The van der Waals surface area contributed by atoms with Crippen LogP contribution in [0.5, 0.6) is 0 Å². The van der Waals surface area contributed by atoms with E-state index >= 15 is 0 Å². The summed E-state index contributed by atoms with van der Waals surface area (Å²) in [6, 6.07) is 4.13. The van der Waals surface area contributed by atoms with Crippen LogP contribution in [0.25, 0.3) is 27.9 Å². The molecular weight excluding hydrogens is 410 g/mol. The number of aromatic nitrogens is 5. The lowest BCUT2D eigenvalue weighted by Gasteiger charge is -2.28. The van der Waals surface area contributed by atoms with Crippen LogP contribution in [0, 0.1) is 6.92 Å². The number of carbonyl (C=O) groups is 1. The van der Waals surface area contributed by atoms with Gasteiger partial charge in [0, 0.05) is 53.1 Å². The molecule has 4 aromatic rings. The molecule has 0 spiro atoms. The monoisotopic (exact) mass is 435 g/mol. The average molecular weight is 436 g/mol. The van der Waals surface area contributed by atoms with Gasteiger partial charge in [0.05, 0.1) is 23.6 Å². The zero-order valence-electron chi connectivity index (χ0n) is 17.6. The van der Waals surface area contributed by atoms with Crippen molar-refractivity contribution in [2.24, 2.45) is 12.8 Å². The summed E-state index contributed by atoms with van der Waals surface area (Å²) in [5, 5.41) is 12.3. The Balaban J connectivity index is 1.42. The molecule has 0 aliphatic heterocycles. The molecule has 3 N–H and O–H groups in total. The maximum Gasteiger partial charge on any atom is 0.280 e. The minimum absolute atomic E-state index is 0.0202. The maximum absolute atomic E-state index is 12.8. The molecule has 0 bridgehead atoms. The molecule has 0 radical (unpaired) electrons. The summed E-state index contributed by atoms with van der Waals surface area (Å²) in [5.41, 5.74) is 10.9. The van der Waals surface area contributed by atoms with Gasteiger partial charge in [0.1, 0.15) is 0 Å². The van der Waals surface area contributed by atoms with Crippen molar-refractivity contribution in [1.29, 1.82) is 0 Å². The van der Waals surface area contributed by atoms with Crippen LogP contribution in [0.1, 0.15) is 40.4 Å². The SMILES string of the molecule is Cc1sc(C(=O)NC2CCCC[C@H]2N)nc1-c1cnn2cc(-c3cnn(C)c3)ccc12. The number of hydrogen-bond acceptors (Lipinski definition) is 6. The van der Waals surface area contributed by atoms with Crippen molar-refractivity contribution < 1.29 is 4.79 Å². The second-order valence-corrected chi connectivity index (χ2v) is 9.36. The standard InChI is InChI=1S/C22H25N7OS/c1-13-20(27-22(31-13)21(30)26-18-6-4-3-5-17(18)23)16-10-25-29-12-14(7-8-19(16)29)15-9-24-28(2)11-15/h7-12,17-18H,3-6,23H2,1-2H3,(H,26,30)/t17-,18?/m1/s1. The van der Waals surface area contributed by atoms with Crippen LogP contribution in [0.4, 0.5) is 0 Å². The minimum Gasteiger partial charge on any atom is -0.346 e. The van der Waals surface area contributed by atoms with Gasteiger partial charge in [-0.15, -0.1) is 11.3 Å². The number of fused-ring (bicyclic) bond motifs is 1. The van der Waals surface area contributed by atoms with Crippen molar-refractivity contribution in [3.63, 3.8) is 0 Å². The lowest BCUT2D eigenvalue weighted by Crippen LogP contribution is -2.49. The Morgan fingerprint density at radius 3 is 2.77 bits per heavy atom. The molecule has 1 fully saturated rings. The highest BCUT2D eigenvalue weighted by Crippen LogP contribution is 2.32. The number of aryl methyl sites for hydroxylation is 2. The fourth-order valence-electron chi connectivity index (χ4n) is 4.22. The van der Waals surface area contributed by atoms with Gasteiger partial charge < -0.3 is 11.1 Å². The molecule has 160 valence electrons. The predicted molar refractivity (Wildman–Crippen MR) is 121 cm³/mol. The molecule has 0 aromatic carbocycles. The van der Waals surface area contributed by atoms with Crippen molar-refractivity contribution in [2.45, 2.75) is 44.7 Å². The van der Waals surface area contributed by atoms with Gasteiger partial charge in [-0.2, -0.15) is 10.2 Å². The number of rotatable bonds is 4. The van der Waals surface area contributed by atoms with E-state index < -0.39 is 0 Å². The minimum atomic E-state index is -0.142. The first kappa shape index (κ1) is 19.9. The van der Waals surface area contributed by atoms with E-state index in [1.54, 1.807) is 4.68 Å². The fourth-order valence-corrected chi connectivity index (χ4v) is 5.05. The number of amides is 1. The molecule has 0 saturated heterocycles. The third kappa shape index (κ3) is 3.75. The maximum atomic E-state index is 12.8. The highest BCUT2D eigenvalue weighted by atomic mass is 32.1. The third-order valence-electron chi connectivity index (χ3n) is 5.94. The van der Waals surface area contributed by atoms with Gasteiger partial charge in [-0.1, -0.05) is 18.9 Å². The van der Waals surface area contributed by atoms with Gasteiger partial charge in [0.15, 0.2) is 5.01 Å². The summed E-state index contributed by atoms with van der Waals surface area (Å²) in [7, 11) is 1.90. The van der Waals surface area contributed by atoms with Crippen molar-refractivity contribution in [2.75, 3.05) is 0 Å². The van der Waals surface area contributed by atoms with E-state index in [1.807, 2.05) is 49.3 Å². The molecule has 4 heterocycles. The summed E-state index contributed by atoms with van der Waals surface area (Å²) >= 11 is 1.41. The van der Waals surface area contributed by atoms with Crippen molar-refractivity contribution >= 4 is 22.8 Å². The Hall–Kier alpha value is -3.04.